The molecule has 57 heavy (non-hydrogen) atoms. The van der Waals surface area contributed by atoms with E-state index in [-0.39, 0.29) is 0 Å². The Morgan fingerprint density at radius 2 is 0.825 bits per heavy atom. The highest BCUT2D eigenvalue weighted by atomic mass is 15.1. The molecule has 6 aromatic carbocycles. The molecule has 4 heteroatoms. The Morgan fingerprint density at radius 3 is 1.40 bits per heavy atom. The topological polar surface area (TPSA) is 41.9 Å². The highest BCUT2D eigenvalue weighted by Gasteiger charge is 2.22. The third-order valence-electron chi connectivity index (χ3n) is 10.9. The molecule has 9 aromatic rings. The summed E-state index contributed by atoms with van der Waals surface area (Å²) in [7, 11) is 0. The SMILES string of the molecule is c1ccc(-c2cc(-c3ccc4c(c3)CN(c3ccccc3)Cc3ccc(-c5cc(-c6cccnc6)cc(-c6cccnc6)c5)cc3-4)cc(-c3ccccc3)n2)cc1. The van der Waals surface area contributed by atoms with Gasteiger partial charge in [0.15, 0.2) is 0 Å². The first-order valence-corrected chi connectivity index (χ1v) is 19.4. The maximum absolute atomic E-state index is 5.16. The Morgan fingerprint density at radius 1 is 0.333 bits per heavy atom. The van der Waals surface area contributed by atoms with Crippen LogP contribution in [0.25, 0.3) is 78.1 Å². The van der Waals surface area contributed by atoms with Gasteiger partial charge in [-0.1, -0.05) is 115 Å². The molecule has 0 unspecified atom stereocenters. The van der Waals surface area contributed by atoms with Gasteiger partial charge in [-0.15, -0.1) is 0 Å². The largest absolute Gasteiger partial charge is 0.363 e. The van der Waals surface area contributed by atoms with Gasteiger partial charge in [0.2, 0.25) is 0 Å². The minimum absolute atomic E-state index is 0.779. The maximum atomic E-state index is 5.16. The Hall–Kier alpha value is -7.43. The second kappa shape index (κ2) is 15.0. The lowest BCUT2D eigenvalue weighted by Crippen LogP contribution is -2.20. The first-order chi connectivity index (χ1) is 28.2. The molecule has 0 fully saturated rings. The van der Waals surface area contributed by atoms with E-state index >= 15 is 0 Å². The molecule has 1 aliphatic rings. The summed E-state index contributed by atoms with van der Waals surface area (Å²) in [4.78, 5) is 16.5. The monoisotopic (exact) mass is 730 g/mol. The lowest BCUT2D eigenvalue weighted by atomic mass is 9.89. The minimum atomic E-state index is 0.779. The fourth-order valence-corrected chi connectivity index (χ4v) is 8.01. The van der Waals surface area contributed by atoms with Crippen LogP contribution in [0.1, 0.15) is 11.1 Å². The summed E-state index contributed by atoms with van der Waals surface area (Å²) in [6.45, 7) is 1.58. The molecule has 3 aromatic heterocycles. The Balaban J connectivity index is 1.13. The van der Waals surface area contributed by atoms with E-state index in [1.807, 2.05) is 36.9 Å². The molecule has 0 spiro atoms. The van der Waals surface area contributed by atoms with Crippen LogP contribution in [0, 0.1) is 0 Å². The molecule has 0 saturated heterocycles. The van der Waals surface area contributed by atoms with Crippen molar-refractivity contribution in [3.05, 3.63) is 218 Å². The van der Waals surface area contributed by atoms with Gasteiger partial charge >= 0.3 is 0 Å². The molecule has 4 nitrogen and oxygen atoms in total. The summed E-state index contributed by atoms with van der Waals surface area (Å²) in [5.74, 6) is 0. The number of benzene rings is 6. The van der Waals surface area contributed by atoms with Crippen LogP contribution in [0.4, 0.5) is 5.69 Å². The predicted octanol–water partition coefficient (Wildman–Crippen LogP) is 13.1. The molecule has 4 heterocycles. The van der Waals surface area contributed by atoms with Crippen molar-refractivity contribution in [3.63, 3.8) is 0 Å². The predicted molar refractivity (Wildman–Crippen MR) is 234 cm³/mol. The van der Waals surface area contributed by atoms with Crippen LogP contribution in [0.15, 0.2) is 207 Å². The zero-order valence-electron chi connectivity index (χ0n) is 31.3. The highest BCUT2D eigenvalue weighted by Crippen LogP contribution is 2.41. The van der Waals surface area contributed by atoms with Crippen LogP contribution < -0.4 is 4.90 Å². The molecule has 0 saturated carbocycles. The summed E-state index contributed by atoms with van der Waals surface area (Å²) in [6, 6.07) is 65.3. The van der Waals surface area contributed by atoms with E-state index < -0.39 is 0 Å². The van der Waals surface area contributed by atoms with Crippen molar-refractivity contribution in [1.29, 1.82) is 0 Å². The van der Waals surface area contributed by atoms with Crippen molar-refractivity contribution in [3.8, 4) is 78.1 Å². The quantitative estimate of drug-likeness (QED) is 0.164. The number of hydrogen-bond donors (Lipinski definition) is 0. The van der Waals surface area contributed by atoms with Crippen LogP contribution in [-0.2, 0) is 13.1 Å². The van der Waals surface area contributed by atoms with Crippen molar-refractivity contribution in [2.24, 2.45) is 0 Å². The fourth-order valence-electron chi connectivity index (χ4n) is 8.01. The number of anilines is 1. The van der Waals surface area contributed by atoms with Crippen molar-refractivity contribution < 1.29 is 0 Å². The second-order valence-electron chi connectivity index (χ2n) is 14.6. The summed E-state index contributed by atoms with van der Waals surface area (Å²) in [5.41, 5.74) is 19.5. The van der Waals surface area contributed by atoms with Crippen LogP contribution in [0.3, 0.4) is 0 Å². The summed E-state index contributed by atoms with van der Waals surface area (Å²) in [5, 5.41) is 0. The smallest absolute Gasteiger partial charge is 0.0715 e. The zero-order valence-corrected chi connectivity index (χ0v) is 31.3. The molecule has 0 bridgehead atoms. The van der Waals surface area contributed by atoms with E-state index in [2.05, 4.69) is 185 Å². The highest BCUT2D eigenvalue weighted by molar-refractivity contribution is 5.86. The van der Waals surface area contributed by atoms with Gasteiger partial charge in [0.25, 0.3) is 0 Å². The molecule has 10 rings (SSSR count). The number of aromatic nitrogens is 3. The Bertz CT molecular complexity index is 2710. The van der Waals surface area contributed by atoms with Gasteiger partial charge in [0.1, 0.15) is 0 Å². The van der Waals surface area contributed by atoms with Gasteiger partial charge in [-0.2, -0.15) is 0 Å². The first-order valence-electron chi connectivity index (χ1n) is 19.4. The van der Waals surface area contributed by atoms with Crippen molar-refractivity contribution in [1.82, 2.24) is 15.0 Å². The number of rotatable bonds is 7. The van der Waals surface area contributed by atoms with Gasteiger partial charge in [-0.05, 0) is 122 Å². The molecular formula is C53H38N4. The van der Waals surface area contributed by atoms with E-state index in [0.29, 0.717) is 0 Å². The van der Waals surface area contributed by atoms with Crippen molar-refractivity contribution >= 4 is 5.69 Å². The normalized spacial score (nSPS) is 12.0. The molecule has 0 N–H and O–H groups in total. The average molecular weight is 731 g/mol. The van der Waals surface area contributed by atoms with Crippen LogP contribution >= 0.6 is 0 Å². The second-order valence-corrected chi connectivity index (χ2v) is 14.6. The number of nitrogens with zero attached hydrogens (tertiary/aromatic N) is 4. The molecule has 0 atom stereocenters. The maximum Gasteiger partial charge on any atom is 0.0715 e. The zero-order chi connectivity index (χ0) is 38.0. The lowest BCUT2D eigenvalue weighted by Gasteiger charge is -2.24. The minimum Gasteiger partial charge on any atom is -0.363 e. The lowest BCUT2D eigenvalue weighted by molar-refractivity contribution is 0.812. The van der Waals surface area contributed by atoms with Crippen LogP contribution in [0.2, 0.25) is 0 Å². The molecular weight excluding hydrogens is 693 g/mol. The summed E-state index contributed by atoms with van der Waals surface area (Å²) < 4.78 is 0. The summed E-state index contributed by atoms with van der Waals surface area (Å²) >= 11 is 0. The van der Waals surface area contributed by atoms with Crippen molar-refractivity contribution in [2.45, 2.75) is 13.1 Å². The summed E-state index contributed by atoms with van der Waals surface area (Å²) in [6.07, 6.45) is 7.51. The van der Waals surface area contributed by atoms with Crippen LogP contribution in [-0.4, -0.2) is 15.0 Å². The van der Waals surface area contributed by atoms with Gasteiger partial charge in [0.05, 0.1) is 11.4 Å². The van der Waals surface area contributed by atoms with E-state index in [1.165, 1.54) is 39.1 Å². The van der Waals surface area contributed by atoms with E-state index in [1.54, 1.807) is 0 Å². The first kappa shape index (κ1) is 34.1. The van der Waals surface area contributed by atoms with Gasteiger partial charge in [0, 0.05) is 65.8 Å². The van der Waals surface area contributed by atoms with Crippen LogP contribution in [0.5, 0.6) is 0 Å². The number of para-hydroxylation sites is 1. The fraction of sp³-hybridized carbons (Fsp3) is 0.0377. The number of hydrogen-bond acceptors (Lipinski definition) is 4. The molecule has 0 amide bonds. The average Bonchev–Trinajstić information content (AvgIpc) is 3.46. The third-order valence-corrected chi connectivity index (χ3v) is 10.9. The van der Waals surface area contributed by atoms with E-state index in [9.17, 15) is 0 Å². The third kappa shape index (κ3) is 7.01. The van der Waals surface area contributed by atoms with E-state index in [0.717, 1.165) is 69.0 Å². The van der Waals surface area contributed by atoms with Crippen molar-refractivity contribution in [2.75, 3.05) is 4.90 Å². The Kier molecular flexibility index (Phi) is 8.98. The van der Waals surface area contributed by atoms with Gasteiger partial charge in [-0.3, -0.25) is 9.97 Å². The molecule has 270 valence electrons. The number of pyridine rings is 3. The van der Waals surface area contributed by atoms with Gasteiger partial charge in [-0.25, -0.2) is 4.98 Å². The number of fused-ring (bicyclic) bond motifs is 3. The molecule has 0 aliphatic carbocycles. The Labute approximate surface area is 333 Å². The molecule has 1 aliphatic heterocycles. The molecule has 0 radical (unpaired) electrons. The standard InChI is InChI=1S/C53H38N4/c1-4-12-37(13-5-1)52-31-47(32-53(56-52)38-14-6-2-7-15-38)39-22-23-50-48(26-39)36-57(49-18-8-3-9-19-49)35-43-21-20-40(30-51(43)50)44-27-45(41-16-10-24-54-33-41)29-46(28-44)42-17-11-25-55-34-42/h1-34H,35-36H2. The van der Waals surface area contributed by atoms with Gasteiger partial charge < -0.3 is 4.90 Å². The van der Waals surface area contributed by atoms with E-state index in [4.69, 9.17) is 4.98 Å².